The van der Waals surface area contributed by atoms with Crippen LogP contribution in [0, 0.1) is 11.8 Å². The maximum Gasteiger partial charge on any atom is 0.310 e. The lowest BCUT2D eigenvalue weighted by Crippen LogP contribution is -2.50. The van der Waals surface area contributed by atoms with E-state index in [2.05, 4.69) is 0 Å². The molecule has 3 rings (SSSR count). The number of methoxy groups -OCH3 is 1. The molecule has 7 atom stereocenters. The second-order valence-corrected chi connectivity index (χ2v) is 5.02. The molecular formula is C11H14O8. The molecule has 3 saturated heterocycles. The highest BCUT2D eigenvalue weighted by Gasteiger charge is 2.70. The van der Waals surface area contributed by atoms with Crippen LogP contribution in [0.2, 0.25) is 0 Å². The van der Waals surface area contributed by atoms with Crippen LogP contribution in [0.5, 0.6) is 0 Å². The van der Waals surface area contributed by atoms with E-state index in [-0.39, 0.29) is 0 Å². The van der Waals surface area contributed by atoms with Gasteiger partial charge in [-0.1, -0.05) is 0 Å². The highest BCUT2D eigenvalue weighted by atomic mass is 16.9. The molecule has 3 aliphatic rings. The number of carboxylic acids is 2. The second kappa shape index (κ2) is 3.89. The maximum atomic E-state index is 11.3. The van der Waals surface area contributed by atoms with Gasteiger partial charge in [-0.2, -0.15) is 0 Å². The van der Waals surface area contributed by atoms with Gasteiger partial charge >= 0.3 is 11.9 Å². The summed E-state index contributed by atoms with van der Waals surface area (Å²) in [5.74, 6) is -5.95. The number of hydrogen-bond donors (Lipinski definition) is 2. The third-order valence-electron chi connectivity index (χ3n) is 4.02. The Morgan fingerprint density at radius 1 is 1.00 bits per heavy atom. The molecule has 0 aromatic rings. The summed E-state index contributed by atoms with van der Waals surface area (Å²) < 4.78 is 21.6. The summed E-state index contributed by atoms with van der Waals surface area (Å²) in [5, 5.41) is 18.4. The third-order valence-corrected chi connectivity index (χ3v) is 4.02. The number of rotatable bonds is 3. The Morgan fingerprint density at radius 2 is 1.42 bits per heavy atom. The molecular weight excluding hydrogens is 260 g/mol. The maximum absolute atomic E-state index is 11.3. The third kappa shape index (κ3) is 1.61. The SMILES string of the molecule is COC1(C)OC2C3O[C@@H](C(C(=O)O)C3C(=O)O)[C@H]2O1. The van der Waals surface area contributed by atoms with Crippen LogP contribution in [0.3, 0.4) is 0 Å². The molecule has 3 heterocycles. The average Bonchev–Trinajstić information content (AvgIpc) is 2.94. The quantitative estimate of drug-likeness (QED) is 0.693. The van der Waals surface area contributed by atoms with Gasteiger partial charge in [0.25, 0.3) is 5.97 Å². The molecule has 5 unspecified atom stereocenters. The van der Waals surface area contributed by atoms with Crippen LogP contribution in [-0.2, 0) is 28.5 Å². The second-order valence-electron chi connectivity index (χ2n) is 5.02. The van der Waals surface area contributed by atoms with Gasteiger partial charge in [0.05, 0.1) is 0 Å². The van der Waals surface area contributed by atoms with Gasteiger partial charge in [-0.05, 0) is 0 Å². The van der Waals surface area contributed by atoms with Crippen molar-refractivity contribution in [2.24, 2.45) is 11.8 Å². The van der Waals surface area contributed by atoms with Crippen LogP contribution in [0.25, 0.3) is 0 Å². The summed E-state index contributed by atoms with van der Waals surface area (Å²) in [7, 11) is 1.40. The van der Waals surface area contributed by atoms with Crippen molar-refractivity contribution >= 4 is 11.9 Å². The number of fused-ring (bicyclic) bond motifs is 5. The fraction of sp³-hybridized carbons (Fsp3) is 0.818. The van der Waals surface area contributed by atoms with E-state index in [1.807, 2.05) is 0 Å². The molecule has 3 aliphatic heterocycles. The van der Waals surface area contributed by atoms with Gasteiger partial charge in [0.2, 0.25) is 0 Å². The monoisotopic (exact) mass is 274 g/mol. The molecule has 2 bridgehead atoms. The van der Waals surface area contributed by atoms with Crippen LogP contribution in [0.15, 0.2) is 0 Å². The largest absolute Gasteiger partial charge is 0.481 e. The van der Waals surface area contributed by atoms with Gasteiger partial charge in [-0.15, -0.1) is 0 Å². The van der Waals surface area contributed by atoms with Gasteiger partial charge in [-0.25, -0.2) is 0 Å². The van der Waals surface area contributed by atoms with Crippen LogP contribution in [-0.4, -0.2) is 59.7 Å². The molecule has 2 N–H and O–H groups in total. The first-order valence-electron chi connectivity index (χ1n) is 5.90. The Hall–Kier alpha value is -1.22. The summed E-state index contributed by atoms with van der Waals surface area (Å²) in [5.41, 5.74) is 0. The molecule has 0 saturated carbocycles. The van der Waals surface area contributed by atoms with E-state index in [0.717, 1.165) is 0 Å². The van der Waals surface area contributed by atoms with Crippen molar-refractivity contribution in [2.75, 3.05) is 7.11 Å². The Balaban J connectivity index is 1.92. The minimum absolute atomic E-state index is 0.619. The van der Waals surface area contributed by atoms with Crippen molar-refractivity contribution in [3.05, 3.63) is 0 Å². The van der Waals surface area contributed by atoms with Crippen molar-refractivity contribution in [3.63, 3.8) is 0 Å². The van der Waals surface area contributed by atoms with Gasteiger partial charge in [0.15, 0.2) is 0 Å². The first-order chi connectivity index (χ1) is 8.88. The summed E-state index contributed by atoms with van der Waals surface area (Å²) in [6, 6.07) is 0. The number of hydrogen-bond acceptors (Lipinski definition) is 6. The van der Waals surface area contributed by atoms with E-state index >= 15 is 0 Å². The molecule has 0 aromatic heterocycles. The lowest BCUT2D eigenvalue weighted by atomic mass is 9.76. The molecule has 3 fully saturated rings. The summed E-state index contributed by atoms with van der Waals surface area (Å²) in [6.07, 6.45) is -2.89. The summed E-state index contributed by atoms with van der Waals surface area (Å²) >= 11 is 0. The number of carboxylic acid groups (broad SMARTS) is 2. The molecule has 0 aliphatic carbocycles. The topological polar surface area (TPSA) is 112 Å². The number of carbonyl (C=O) groups is 2. The van der Waals surface area contributed by atoms with E-state index in [0.29, 0.717) is 0 Å². The summed E-state index contributed by atoms with van der Waals surface area (Å²) in [4.78, 5) is 22.5. The van der Waals surface area contributed by atoms with Gasteiger partial charge in [-0.3, -0.25) is 9.59 Å². The highest BCUT2D eigenvalue weighted by Crippen LogP contribution is 2.51. The minimum atomic E-state index is -1.29. The first-order valence-corrected chi connectivity index (χ1v) is 5.90. The van der Waals surface area contributed by atoms with E-state index in [1.54, 1.807) is 6.92 Å². The van der Waals surface area contributed by atoms with E-state index < -0.39 is 54.2 Å². The van der Waals surface area contributed by atoms with Gasteiger partial charge < -0.3 is 29.2 Å². The zero-order valence-corrected chi connectivity index (χ0v) is 10.3. The standard InChI is InChI=1S/C11H14O8/c1-11(16-2)18-7-5-3(9(12)13)4(10(14)15)6(17-5)8(7)19-11/h3-8H,1-2H3,(H,12,13)(H,14,15)/t3?,4?,5-,6?,7+,8?,11?/m0/s1. The van der Waals surface area contributed by atoms with Gasteiger partial charge in [0.1, 0.15) is 36.3 Å². The predicted octanol–water partition coefficient (Wildman–Crippen LogP) is -0.727. The summed E-state index contributed by atoms with van der Waals surface area (Å²) in [6.45, 7) is 1.55. The molecule has 19 heavy (non-hydrogen) atoms. The minimum Gasteiger partial charge on any atom is -0.481 e. The Morgan fingerprint density at radius 3 is 1.74 bits per heavy atom. The van der Waals surface area contributed by atoms with Crippen LogP contribution >= 0.6 is 0 Å². The van der Waals surface area contributed by atoms with Crippen molar-refractivity contribution < 1.29 is 38.7 Å². The number of ether oxygens (including phenoxy) is 4. The predicted molar refractivity (Wildman–Crippen MR) is 56.1 cm³/mol. The lowest BCUT2D eigenvalue weighted by molar-refractivity contribution is -0.330. The van der Waals surface area contributed by atoms with E-state index in [1.165, 1.54) is 7.11 Å². The molecule has 0 aromatic carbocycles. The van der Waals surface area contributed by atoms with E-state index in [4.69, 9.17) is 18.9 Å². The van der Waals surface area contributed by atoms with Crippen LogP contribution in [0.1, 0.15) is 6.92 Å². The van der Waals surface area contributed by atoms with Crippen molar-refractivity contribution in [2.45, 2.75) is 37.3 Å². The Kier molecular flexibility index (Phi) is 2.62. The van der Waals surface area contributed by atoms with Crippen molar-refractivity contribution in [3.8, 4) is 0 Å². The van der Waals surface area contributed by atoms with Gasteiger partial charge in [0, 0.05) is 14.0 Å². The smallest absolute Gasteiger partial charge is 0.310 e. The fourth-order valence-electron chi connectivity index (χ4n) is 3.17. The molecule has 106 valence electrons. The van der Waals surface area contributed by atoms with E-state index in [9.17, 15) is 19.8 Å². The Bertz CT molecular complexity index is 400. The average molecular weight is 274 g/mol. The van der Waals surface area contributed by atoms with Crippen molar-refractivity contribution in [1.82, 2.24) is 0 Å². The first kappa shape index (κ1) is 12.8. The molecule has 0 spiro atoms. The van der Waals surface area contributed by atoms with Crippen LogP contribution < -0.4 is 0 Å². The van der Waals surface area contributed by atoms with Crippen LogP contribution in [0.4, 0.5) is 0 Å². The van der Waals surface area contributed by atoms with Crippen molar-refractivity contribution in [1.29, 1.82) is 0 Å². The molecule has 8 nitrogen and oxygen atoms in total. The fourth-order valence-corrected chi connectivity index (χ4v) is 3.17. The zero-order chi connectivity index (χ0) is 13.9. The molecule has 0 radical (unpaired) electrons. The number of aliphatic carboxylic acids is 2. The Labute approximate surface area is 108 Å². The molecule has 0 amide bonds. The lowest BCUT2D eigenvalue weighted by Gasteiger charge is -2.27. The zero-order valence-electron chi connectivity index (χ0n) is 10.3. The molecule has 8 heteroatoms. The highest BCUT2D eigenvalue weighted by molar-refractivity contribution is 5.82. The normalized spacial score (nSPS) is 51.3.